The molecule has 1 heterocycles. The van der Waals surface area contributed by atoms with Crippen molar-refractivity contribution in [3.63, 3.8) is 0 Å². The van der Waals surface area contributed by atoms with Crippen LogP contribution in [0, 0.1) is 5.82 Å². The minimum absolute atomic E-state index is 0.0360. The average Bonchev–Trinajstić information content (AvgIpc) is 2.29. The van der Waals surface area contributed by atoms with Crippen molar-refractivity contribution in [1.82, 2.24) is 5.32 Å². The van der Waals surface area contributed by atoms with E-state index in [0.29, 0.717) is 0 Å². The van der Waals surface area contributed by atoms with Crippen molar-refractivity contribution < 1.29 is 19.1 Å². The number of nitrogens with zero attached hydrogens (tertiary/aromatic N) is 1. The summed E-state index contributed by atoms with van der Waals surface area (Å²) in [6, 6.07) is 4.87. The molecule has 1 aromatic rings. The number of carboxylic acids is 1. The van der Waals surface area contributed by atoms with Gasteiger partial charge in [0.05, 0.1) is 17.8 Å². The van der Waals surface area contributed by atoms with Gasteiger partial charge >= 0.3 is 12.0 Å². The molecule has 2 rings (SSSR count). The van der Waals surface area contributed by atoms with Gasteiger partial charge in [0.2, 0.25) is 0 Å². The van der Waals surface area contributed by atoms with Crippen LogP contribution >= 0.6 is 0 Å². The molecule has 0 radical (unpaired) electrons. The number of rotatable bonds is 2. The predicted molar refractivity (Wildman–Crippen MR) is 58.0 cm³/mol. The SMILES string of the molecule is O=C(O)C1=CN(c2cccc(F)c2)C(=O)NC1. The van der Waals surface area contributed by atoms with Crippen LogP contribution in [0.25, 0.3) is 0 Å². The molecule has 0 saturated carbocycles. The molecular formula is C11H9FN2O3. The topological polar surface area (TPSA) is 69.6 Å². The van der Waals surface area contributed by atoms with Crippen molar-refractivity contribution >= 4 is 17.7 Å². The second kappa shape index (κ2) is 4.25. The normalized spacial score (nSPS) is 15.2. The monoisotopic (exact) mass is 236 g/mol. The third-order valence-electron chi connectivity index (χ3n) is 2.29. The van der Waals surface area contributed by atoms with Crippen molar-refractivity contribution in [2.75, 3.05) is 11.4 Å². The average molecular weight is 236 g/mol. The Balaban J connectivity index is 2.39. The fraction of sp³-hybridized carbons (Fsp3) is 0.0909. The number of amides is 2. The minimum Gasteiger partial charge on any atom is -0.478 e. The molecule has 6 heteroatoms. The van der Waals surface area contributed by atoms with Crippen LogP contribution in [0.1, 0.15) is 0 Å². The van der Waals surface area contributed by atoms with Gasteiger partial charge in [-0.2, -0.15) is 0 Å². The molecule has 1 aromatic carbocycles. The largest absolute Gasteiger partial charge is 0.478 e. The van der Waals surface area contributed by atoms with Gasteiger partial charge in [-0.25, -0.2) is 14.0 Å². The van der Waals surface area contributed by atoms with E-state index in [1.165, 1.54) is 24.4 Å². The van der Waals surface area contributed by atoms with E-state index in [0.717, 1.165) is 11.0 Å². The highest BCUT2D eigenvalue weighted by Gasteiger charge is 2.22. The zero-order chi connectivity index (χ0) is 12.4. The molecule has 0 spiro atoms. The number of hydrogen-bond donors (Lipinski definition) is 2. The first kappa shape index (κ1) is 11.1. The van der Waals surface area contributed by atoms with Crippen LogP contribution in [0.15, 0.2) is 36.0 Å². The summed E-state index contributed by atoms with van der Waals surface area (Å²) in [5.41, 5.74) is 0.315. The summed E-state index contributed by atoms with van der Waals surface area (Å²) in [6.45, 7) is -0.0417. The molecular weight excluding hydrogens is 227 g/mol. The Morgan fingerprint density at radius 2 is 2.24 bits per heavy atom. The molecule has 17 heavy (non-hydrogen) atoms. The molecule has 0 unspecified atom stereocenters. The van der Waals surface area contributed by atoms with Crippen LogP contribution in [-0.4, -0.2) is 23.7 Å². The maximum atomic E-state index is 13.0. The molecule has 0 bridgehead atoms. The third-order valence-corrected chi connectivity index (χ3v) is 2.29. The van der Waals surface area contributed by atoms with Crippen molar-refractivity contribution in [1.29, 1.82) is 0 Å². The van der Waals surface area contributed by atoms with E-state index >= 15 is 0 Å². The number of nitrogens with one attached hydrogen (secondary N) is 1. The fourth-order valence-electron chi connectivity index (χ4n) is 1.46. The fourth-order valence-corrected chi connectivity index (χ4v) is 1.46. The minimum atomic E-state index is -1.12. The molecule has 0 atom stereocenters. The molecule has 1 aliphatic rings. The van der Waals surface area contributed by atoms with Gasteiger partial charge in [-0.1, -0.05) is 6.07 Å². The van der Waals surface area contributed by atoms with E-state index in [1.54, 1.807) is 0 Å². The van der Waals surface area contributed by atoms with Gasteiger partial charge in [0.15, 0.2) is 0 Å². The van der Waals surface area contributed by atoms with Gasteiger partial charge in [0.1, 0.15) is 5.82 Å². The molecule has 0 fully saturated rings. The lowest BCUT2D eigenvalue weighted by Crippen LogP contribution is -2.43. The highest BCUT2D eigenvalue weighted by Crippen LogP contribution is 2.19. The number of hydrogen-bond acceptors (Lipinski definition) is 2. The Hall–Kier alpha value is -2.37. The highest BCUT2D eigenvalue weighted by atomic mass is 19.1. The lowest BCUT2D eigenvalue weighted by atomic mass is 10.2. The molecule has 2 amide bonds. The van der Waals surface area contributed by atoms with Crippen LogP contribution in [0.3, 0.4) is 0 Å². The Labute approximate surface area is 96.2 Å². The zero-order valence-electron chi connectivity index (χ0n) is 8.68. The number of halogens is 1. The molecule has 5 nitrogen and oxygen atoms in total. The second-order valence-electron chi connectivity index (χ2n) is 3.47. The summed E-state index contributed by atoms with van der Waals surface area (Å²) in [4.78, 5) is 23.4. The maximum Gasteiger partial charge on any atom is 0.334 e. The van der Waals surface area contributed by atoms with Crippen molar-refractivity contribution in [2.45, 2.75) is 0 Å². The lowest BCUT2D eigenvalue weighted by Gasteiger charge is -2.24. The summed E-state index contributed by atoms with van der Waals surface area (Å²) in [5.74, 6) is -1.61. The second-order valence-corrected chi connectivity index (χ2v) is 3.47. The first-order valence-electron chi connectivity index (χ1n) is 4.84. The summed E-state index contributed by atoms with van der Waals surface area (Å²) in [7, 11) is 0. The Kier molecular flexibility index (Phi) is 2.78. The Bertz CT molecular complexity index is 513. The number of carbonyl (C=O) groups excluding carboxylic acids is 1. The summed E-state index contributed by atoms with van der Waals surface area (Å²) in [5, 5.41) is 11.2. The number of urea groups is 1. The van der Waals surface area contributed by atoms with Gasteiger partial charge in [-0.3, -0.25) is 4.90 Å². The number of benzene rings is 1. The van der Waals surface area contributed by atoms with Gasteiger partial charge in [0.25, 0.3) is 0 Å². The molecule has 0 saturated heterocycles. The van der Waals surface area contributed by atoms with Crippen molar-refractivity contribution in [2.24, 2.45) is 0 Å². The zero-order valence-corrected chi connectivity index (χ0v) is 8.68. The Morgan fingerprint density at radius 1 is 1.47 bits per heavy atom. The lowest BCUT2D eigenvalue weighted by molar-refractivity contribution is -0.132. The van der Waals surface area contributed by atoms with Gasteiger partial charge in [-0.05, 0) is 18.2 Å². The maximum absolute atomic E-state index is 13.0. The van der Waals surface area contributed by atoms with Crippen molar-refractivity contribution in [3.8, 4) is 0 Å². The number of carboxylic acid groups (broad SMARTS) is 1. The third kappa shape index (κ3) is 2.25. The summed E-state index contributed by atoms with van der Waals surface area (Å²) >= 11 is 0. The van der Waals surface area contributed by atoms with Crippen molar-refractivity contribution in [3.05, 3.63) is 41.9 Å². The quantitative estimate of drug-likeness (QED) is 0.813. The van der Waals surface area contributed by atoms with Gasteiger partial charge in [-0.15, -0.1) is 0 Å². The Morgan fingerprint density at radius 3 is 2.88 bits per heavy atom. The molecule has 0 aromatic heterocycles. The molecule has 2 N–H and O–H groups in total. The highest BCUT2D eigenvalue weighted by molar-refractivity contribution is 5.99. The summed E-state index contributed by atoms with van der Waals surface area (Å²) in [6.07, 6.45) is 1.19. The van der Waals surface area contributed by atoms with E-state index in [4.69, 9.17) is 5.11 Å². The first-order valence-corrected chi connectivity index (χ1v) is 4.84. The van der Waals surface area contributed by atoms with Crippen LogP contribution in [0.5, 0.6) is 0 Å². The summed E-state index contributed by atoms with van der Waals surface area (Å²) < 4.78 is 13.0. The van der Waals surface area contributed by atoms with E-state index in [1.807, 2.05) is 0 Å². The standard InChI is InChI=1S/C11H9FN2O3/c12-8-2-1-3-9(4-8)14-6-7(10(15)16)5-13-11(14)17/h1-4,6H,5H2,(H,13,17)(H,15,16). The molecule has 0 aliphatic carbocycles. The van der Waals surface area contributed by atoms with E-state index in [2.05, 4.69) is 5.32 Å². The number of anilines is 1. The van der Waals surface area contributed by atoms with E-state index in [9.17, 15) is 14.0 Å². The van der Waals surface area contributed by atoms with E-state index < -0.39 is 17.8 Å². The number of aliphatic carboxylic acids is 1. The predicted octanol–water partition coefficient (Wildman–Crippen LogP) is 1.32. The molecule has 1 aliphatic heterocycles. The molecule has 88 valence electrons. The van der Waals surface area contributed by atoms with E-state index in [-0.39, 0.29) is 17.8 Å². The van der Waals surface area contributed by atoms with Crippen LogP contribution in [0.2, 0.25) is 0 Å². The van der Waals surface area contributed by atoms with Crippen LogP contribution < -0.4 is 10.2 Å². The smallest absolute Gasteiger partial charge is 0.334 e. The van der Waals surface area contributed by atoms with Crippen LogP contribution in [0.4, 0.5) is 14.9 Å². The number of carbonyl (C=O) groups is 2. The van der Waals surface area contributed by atoms with Gasteiger partial charge in [0, 0.05) is 6.20 Å². The van der Waals surface area contributed by atoms with Gasteiger partial charge < -0.3 is 10.4 Å². The van der Waals surface area contributed by atoms with Crippen LogP contribution in [-0.2, 0) is 4.79 Å². The first-order chi connectivity index (χ1) is 8.08.